The van der Waals surface area contributed by atoms with E-state index in [1.807, 2.05) is 0 Å². The molecule has 1 aromatic heterocycles. The van der Waals surface area contributed by atoms with Crippen molar-refractivity contribution in [2.45, 2.75) is 6.54 Å². The topological polar surface area (TPSA) is 43.8 Å². The van der Waals surface area contributed by atoms with E-state index in [9.17, 15) is 4.39 Å². The molecule has 3 nitrogen and oxygen atoms in total. The van der Waals surface area contributed by atoms with Crippen molar-refractivity contribution in [2.24, 2.45) is 0 Å². The Balaban J connectivity index is 2.30. The summed E-state index contributed by atoms with van der Waals surface area (Å²) in [5.41, 5.74) is 6.36. The third kappa shape index (κ3) is 2.37. The van der Waals surface area contributed by atoms with E-state index >= 15 is 0 Å². The third-order valence-corrected chi connectivity index (χ3v) is 3.49. The van der Waals surface area contributed by atoms with Crippen molar-refractivity contribution < 1.29 is 4.39 Å². The maximum atomic E-state index is 13.6. The molecule has 1 heterocycles. The van der Waals surface area contributed by atoms with Gasteiger partial charge in [-0.05, 0) is 34.7 Å². The van der Waals surface area contributed by atoms with E-state index in [4.69, 9.17) is 5.73 Å². The number of hydrogen-bond donors (Lipinski definition) is 1. The zero-order chi connectivity index (χ0) is 11.7. The number of nitrogen functional groups attached to an aromatic ring is 1. The van der Waals surface area contributed by atoms with Gasteiger partial charge in [0.15, 0.2) is 0 Å². The second-order valence-electron chi connectivity index (χ2n) is 3.27. The van der Waals surface area contributed by atoms with Crippen molar-refractivity contribution in [2.75, 3.05) is 5.73 Å². The highest BCUT2D eigenvalue weighted by molar-refractivity contribution is 14.1. The second-order valence-corrected chi connectivity index (χ2v) is 5.35. The summed E-state index contributed by atoms with van der Waals surface area (Å²) in [4.78, 5) is 0. The molecule has 2 aromatic rings. The van der Waals surface area contributed by atoms with Crippen molar-refractivity contribution in [1.82, 2.24) is 9.78 Å². The van der Waals surface area contributed by atoms with Crippen molar-refractivity contribution in [3.05, 3.63) is 43.8 Å². The first-order chi connectivity index (χ1) is 7.58. The number of aromatic nitrogens is 2. The van der Waals surface area contributed by atoms with Gasteiger partial charge >= 0.3 is 0 Å². The van der Waals surface area contributed by atoms with Crippen molar-refractivity contribution >= 4 is 44.3 Å². The minimum atomic E-state index is -0.265. The Morgan fingerprint density at radius 3 is 2.81 bits per heavy atom. The molecule has 0 atom stereocenters. The molecule has 1 aromatic carbocycles. The lowest BCUT2D eigenvalue weighted by Gasteiger charge is -2.06. The minimum Gasteiger partial charge on any atom is -0.383 e. The Morgan fingerprint density at radius 1 is 1.50 bits per heavy atom. The van der Waals surface area contributed by atoms with E-state index in [2.05, 4.69) is 43.6 Å². The van der Waals surface area contributed by atoms with Crippen LogP contribution >= 0.6 is 38.5 Å². The summed E-state index contributed by atoms with van der Waals surface area (Å²) in [6.45, 7) is 0.341. The van der Waals surface area contributed by atoms with Crippen LogP contribution < -0.4 is 5.73 Å². The molecule has 0 saturated heterocycles. The van der Waals surface area contributed by atoms with Gasteiger partial charge in [0.05, 0.1) is 16.3 Å². The van der Waals surface area contributed by atoms with Crippen LogP contribution in [0.5, 0.6) is 0 Å². The number of halogens is 3. The Labute approximate surface area is 114 Å². The van der Waals surface area contributed by atoms with Crippen LogP contribution in [0.1, 0.15) is 5.56 Å². The van der Waals surface area contributed by atoms with E-state index in [0.717, 1.165) is 8.04 Å². The van der Waals surface area contributed by atoms with Gasteiger partial charge in [-0.25, -0.2) is 9.07 Å². The zero-order valence-corrected chi connectivity index (χ0v) is 11.9. The number of nitrogens with zero attached hydrogens (tertiary/aromatic N) is 2. The molecule has 0 aliphatic heterocycles. The SMILES string of the molecule is Nc1c(I)cnn1Cc1ccc(Br)cc1F. The lowest BCUT2D eigenvalue weighted by Crippen LogP contribution is -2.07. The lowest BCUT2D eigenvalue weighted by molar-refractivity contribution is 0.587. The van der Waals surface area contributed by atoms with E-state index in [0.29, 0.717) is 17.9 Å². The summed E-state index contributed by atoms with van der Waals surface area (Å²) in [6, 6.07) is 4.94. The highest BCUT2D eigenvalue weighted by Gasteiger charge is 2.08. The number of anilines is 1. The van der Waals surface area contributed by atoms with Crippen LogP contribution in [0.4, 0.5) is 10.2 Å². The smallest absolute Gasteiger partial charge is 0.135 e. The molecule has 2 N–H and O–H groups in total. The Hall–Kier alpha value is -0.630. The van der Waals surface area contributed by atoms with Gasteiger partial charge in [0, 0.05) is 10.0 Å². The van der Waals surface area contributed by atoms with Crippen LogP contribution in [-0.2, 0) is 6.54 Å². The summed E-state index contributed by atoms with van der Waals surface area (Å²) in [6.07, 6.45) is 1.66. The average Bonchev–Trinajstić information content (AvgIpc) is 2.54. The normalized spacial score (nSPS) is 10.7. The minimum absolute atomic E-state index is 0.265. The third-order valence-electron chi connectivity index (χ3n) is 2.17. The summed E-state index contributed by atoms with van der Waals surface area (Å²) < 4.78 is 16.7. The molecule has 0 unspecified atom stereocenters. The molecule has 0 aliphatic rings. The first kappa shape index (κ1) is 11.8. The summed E-state index contributed by atoms with van der Waals surface area (Å²) in [7, 11) is 0. The summed E-state index contributed by atoms with van der Waals surface area (Å²) in [5.74, 6) is 0.294. The Morgan fingerprint density at radius 2 is 2.25 bits per heavy atom. The van der Waals surface area contributed by atoms with E-state index < -0.39 is 0 Å². The van der Waals surface area contributed by atoms with Crippen molar-refractivity contribution in [3.8, 4) is 0 Å². The molecule has 16 heavy (non-hydrogen) atoms. The molecule has 6 heteroatoms. The molecule has 84 valence electrons. The van der Waals surface area contributed by atoms with Crippen LogP contribution in [-0.4, -0.2) is 9.78 Å². The standard InChI is InChI=1S/C10H8BrFIN3/c11-7-2-1-6(8(12)3-7)5-16-10(14)9(13)4-15-16/h1-4H,5,14H2. The molecule has 0 fully saturated rings. The molecular formula is C10H8BrFIN3. The predicted octanol–water partition coefficient (Wildman–Crippen LogP) is 3.02. The molecular weight excluding hydrogens is 388 g/mol. The maximum Gasteiger partial charge on any atom is 0.135 e. The van der Waals surface area contributed by atoms with Gasteiger partial charge in [0.25, 0.3) is 0 Å². The van der Waals surface area contributed by atoms with Gasteiger partial charge in [-0.2, -0.15) is 5.10 Å². The second kappa shape index (κ2) is 4.70. The molecule has 0 saturated carbocycles. The monoisotopic (exact) mass is 395 g/mol. The maximum absolute atomic E-state index is 13.6. The predicted molar refractivity (Wildman–Crippen MR) is 72.6 cm³/mol. The molecule has 0 amide bonds. The quantitative estimate of drug-likeness (QED) is 0.794. The van der Waals surface area contributed by atoms with Crippen LogP contribution in [0.2, 0.25) is 0 Å². The van der Waals surface area contributed by atoms with Crippen LogP contribution in [0.25, 0.3) is 0 Å². The lowest BCUT2D eigenvalue weighted by atomic mass is 10.2. The molecule has 0 aliphatic carbocycles. The fraction of sp³-hybridized carbons (Fsp3) is 0.100. The van der Waals surface area contributed by atoms with Gasteiger partial charge in [-0.15, -0.1) is 0 Å². The van der Waals surface area contributed by atoms with E-state index in [-0.39, 0.29) is 5.82 Å². The molecule has 0 bridgehead atoms. The first-order valence-electron chi connectivity index (χ1n) is 4.48. The highest BCUT2D eigenvalue weighted by Crippen LogP contribution is 2.19. The van der Waals surface area contributed by atoms with E-state index in [1.165, 1.54) is 6.07 Å². The molecule has 2 rings (SSSR count). The van der Waals surface area contributed by atoms with Crippen molar-refractivity contribution in [1.29, 1.82) is 0 Å². The first-order valence-corrected chi connectivity index (χ1v) is 6.36. The largest absolute Gasteiger partial charge is 0.383 e. The summed E-state index contributed by atoms with van der Waals surface area (Å²) >= 11 is 5.30. The van der Waals surface area contributed by atoms with Gasteiger partial charge < -0.3 is 5.73 Å². The molecule has 0 radical (unpaired) electrons. The van der Waals surface area contributed by atoms with Crippen molar-refractivity contribution in [3.63, 3.8) is 0 Å². The summed E-state index contributed by atoms with van der Waals surface area (Å²) in [5, 5.41) is 4.08. The van der Waals surface area contributed by atoms with Crippen LogP contribution in [0, 0.1) is 9.39 Å². The number of benzene rings is 1. The van der Waals surface area contributed by atoms with Crippen LogP contribution in [0.3, 0.4) is 0 Å². The number of rotatable bonds is 2. The Bertz CT molecular complexity index is 527. The highest BCUT2D eigenvalue weighted by atomic mass is 127. The van der Waals surface area contributed by atoms with Gasteiger partial charge in [-0.3, -0.25) is 0 Å². The number of hydrogen-bond acceptors (Lipinski definition) is 2. The van der Waals surface area contributed by atoms with Crippen LogP contribution in [0.15, 0.2) is 28.9 Å². The van der Waals surface area contributed by atoms with E-state index in [1.54, 1.807) is 23.0 Å². The van der Waals surface area contributed by atoms with Gasteiger partial charge in [0.1, 0.15) is 11.6 Å². The molecule has 0 spiro atoms. The van der Waals surface area contributed by atoms with Gasteiger partial charge in [-0.1, -0.05) is 22.0 Å². The fourth-order valence-electron chi connectivity index (χ4n) is 1.31. The van der Waals surface area contributed by atoms with Gasteiger partial charge in [0.2, 0.25) is 0 Å². The number of nitrogens with two attached hydrogens (primary N) is 1. The average molecular weight is 396 g/mol. The fourth-order valence-corrected chi connectivity index (χ4v) is 2.05. The Kier molecular flexibility index (Phi) is 3.48. The zero-order valence-electron chi connectivity index (χ0n) is 8.12.